The Bertz CT molecular complexity index is 609. The summed E-state index contributed by atoms with van der Waals surface area (Å²) in [5, 5.41) is 3.70. The first-order valence-electron chi connectivity index (χ1n) is 7.52. The van der Waals surface area contributed by atoms with Crippen LogP contribution in [0.25, 0.3) is 0 Å². The predicted molar refractivity (Wildman–Crippen MR) is 86.5 cm³/mol. The molecule has 0 heterocycles. The van der Waals surface area contributed by atoms with Gasteiger partial charge in [0.15, 0.2) is 0 Å². The summed E-state index contributed by atoms with van der Waals surface area (Å²) < 4.78 is 0. The van der Waals surface area contributed by atoms with E-state index < -0.39 is 0 Å². The highest BCUT2D eigenvalue weighted by Gasteiger charge is 2.30. The molecule has 3 rings (SSSR count). The molecule has 0 saturated heterocycles. The van der Waals surface area contributed by atoms with Gasteiger partial charge >= 0.3 is 0 Å². The number of anilines is 1. The van der Waals surface area contributed by atoms with Crippen molar-refractivity contribution in [3.63, 3.8) is 0 Å². The summed E-state index contributed by atoms with van der Waals surface area (Å²) in [5.41, 5.74) is 6.84. The lowest BCUT2D eigenvalue weighted by atomic mass is 9.75. The van der Waals surface area contributed by atoms with E-state index in [0.29, 0.717) is 6.04 Å². The topological polar surface area (TPSA) is 12.0 Å². The zero-order chi connectivity index (χ0) is 14.1. The average molecular weight is 265 g/mol. The number of hydrogen-bond donors (Lipinski definition) is 1. The Morgan fingerprint density at radius 2 is 1.65 bits per heavy atom. The summed E-state index contributed by atoms with van der Waals surface area (Å²) >= 11 is 0. The van der Waals surface area contributed by atoms with Gasteiger partial charge in [-0.05, 0) is 62.3 Å². The lowest BCUT2D eigenvalue weighted by molar-refractivity contribution is 0.374. The van der Waals surface area contributed by atoms with E-state index in [1.54, 1.807) is 0 Å². The molecule has 1 fully saturated rings. The molecule has 1 N–H and O–H groups in total. The van der Waals surface area contributed by atoms with Crippen LogP contribution in [0.5, 0.6) is 0 Å². The van der Waals surface area contributed by atoms with Crippen LogP contribution in [0.15, 0.2) is 42.5 Å². The van der Waals surface area contributed by atoms with Crippen molar-refractivity contribution in [3.05, 3.63) is 64.7 Å². The summed E-state index contributed by atoms with van der Waals surface area (Å²) in [5.74, 6) is 0.734. The van der Waals surface area contributed by atoms with Gasteiger partial charge < -0.3 is 5.32 Å². The summed E-state index contributed by atoms with van der Waals surface area (Å²) in [6, 6.07) is 16.2. The fourth-order valence-corrected chi connectivity index (χ4v) is 3.04. The summed E-state index contributed by atoms with van der Waals surface area (Å²) in [7, 11) is 0. The van der Waals surface area contributed by atoms with Crippen molar-refractivity contribution in [1.29, 1.82) is 0 Å². The second kappa shape index (κ2) is 5.32. The molecule has 0 atom stereocenters. The standard InChI is InChI=1S/C19H23N/c1-13-5-4-6-16(9-13)17-11-18(12-17)20-19-10-14(2)7-8-15(19)3/h4-10,17-18,20H,11-12H2,1-3H3. The molecule has 0 radical (unpaired) electrons. The van der Waals surface area contributed by atoms with Gasteiger partial charge in [0.2, 0.25) is 0 Å². The van der Waals surface area contributed by atoms with E-state index in [1.165, 1.54) is 40.8 Å². The molecular weight excluding hydrogens is 242 g/mol. The van der Waals surface area contributed by atoms with E-state index in [2.05, 4.69) is 68.6 Å². The number of hydrogen-bond acceptors (Lipinski definition) is 1. The van der Waals surface area contributed by atoms with Crippen molar-refractivity contribution in [2.24, 2.45) is 0 Å². The van der Waals surface area contributed by atoms with Gasteiger partial charge in [0.25, 0.3) is 0 Å². The quantitative estimate of drug-likeness (QED) is 0.826. The number of nitrogens with one attached hydrogen (secondary N) is 1. The van der Waals surface area contributed by atoms with E-state index in [0.717, 1.165) is 5.92 Å². The van der Waals surface area contributed by atoms with Gasteiger partial charge in [0, 0.05) is 11.7 Å². The SMILES string of the molecule is Cc1cccc(C2CC(Nc3cc(C)ccc3C)C2)c1. The molecule has 1 heteroatoms. The minimum atomic E-state index is 0.626. The third-order valence-corrected chi connectivity index (χ3v) is 4.40. The minimum Gasteiger partial charge on any atom is -0.382 e. The van der Waals surface area contributed by atoms with E-state index in [9.17, 15) is 0 Å². The molecule has 0 amide bonds. The molecule has 1 nitrogen and oxygen atoms in total. The number of benzene rings is 2. The molecule has 0 bridgehead atoms. The van der Waals surface area contributed by atoms with Crippen molar-refractivity contribution >= 4 is 5.69 Å². The largest absolute Gasteiger partial charge is 0.382 e. The van der Waals surface area contributed by atoms with Gasteiger partial charge in [-0.1, -0.05) is 42.0 Å². The Morgan fingerprint density at radius 1 is 0.900 bits per heavy atom. The average Bonchev–Trinajstić information content (AvgIpc) is 2.37. The summed E-state index contributed by atoms with van der Waals surface area (Å²) in [6.07, 6.45) is 2.49. The molecule has 104 valence electrons. The van der Waals surface area contributed by atoms with Crippen molar-refractivity contribution < 1.29 is 0 Å². The Labute approximate surface area is 122 Å². The van der Waals surface area contributed by atoms with Crippen LogP contribution in [-0.2, 0) is 0 Å². The fourth-order valence-electron chi connectivity index (χ4n) is 3.04. The third-order valence-electron chi connectivity index (χ3n) is 4.40. The Kier molecular flexibility index (Phi) is 3.52. The maximum absolute atomic E-state index is 3.70. The monoisotopic (exact) mass is 265 g/mol. The smallest absolute Gasteiger partial charge is 0.0374 e. The molecule has 0 aliphatic heterocycles. The van der Waals surface area contributed by atoms with Gasteiger partial charge in [0.05, 0.1) is 0 Å². The van der Waals surface area contributed by atoms with Crippen LogP contribution in [0.4, 0.5) is 5.69 Å². The first-order valence-corrected chi connectivity index (χ1v) is 7.52. The molecule has 0 spiro atoms. The zero-order valence-electron chi connectivity index (χ0n) is 12.6. The van der Waals surface area contributed by atoms with E-state index >= 15 is 0 Å². The molecule has 20 heavy (non-hydrogen) atoms. The second-order valence-electron chi connectivity index (χ2n) is 6.24. The van der Waals surface area contributed by atoms with Crippen LogP contribution >= 0.6 is 0 Å². The molecular formula is C19H23N. The molecule has 1 saturated carbocycles. The highest BCUT2D eigenvalue weighted by atomic mass is 14.9. The molecule has 0 aromatic heterocycles. The maximum Gasteiger partial charge on any atom is 0.0374 e. The van der Waals surface area contributed by atoms with E-state index in [1.807, 2.05) is 0 Å². The van der Waals surface area contributed by atoms with Gasteiger partial charge in [-0.25, -0.2) is 0 Å². The summed E-state index contributed by atoms with van der Waals surface area (Å²) in [6.45, 7) is 6.51. The second-order valence-corrected chi connectivity index (χ2v) is 6.24. The molecule has 1 aliphatic carbocycles. The van der Waals surface area contributed by atoms with Crippen LogP contribution in [-0.4, -0.2) is 6.04 Å². The van der Waals surface area contributed by atoms with Gasteiger partial charge in [-0.3, -0.25) is 0 Å². The minimum absolute atomic E-state index is 0.626. The number of rotatable bonds is 3. The first kappa shape index (κ1) is 13.2. The number of aryl methyl sites for hydroxylation is 3. The van der Waals surface area contributed by atoms with Crippen molar-refractivity contribution in [1.82, 2.24) is 0 Å². The lowest BCUT2D eigenvalue weighted by Gasteiger charge is -2.37. The zero-order valence-corrected chi connectivity index (χ0v) is 12.6. The van der Waals surface area contributed by atoms with Crippen LogP contribution in [0.2, 0.25) is 0 Å². The van der Waals surface area contributed by atoms with Gasteiger partial charge in [0.1, 0.15) is 0 Å². The van der Waals surface area contributed by atoms with Gasteiger partial charge in [-0.2, -0.15) is 0 Å². The fraction of sp³-hybridized carbons (Fsp3) is 0.368. The van der Waals surface area contributed by atoms with Crippen LogP contribution in [0.3, 0.4) is 0 Å². The summed E-state index contributed by atoms with van der Waals surface area (Å²) in [4.78, 5) is 0. The highest BCUT2D eigenvalue weighted by Crippen LogP contribution is 2.39. The van der Waals surface area contributed by atoms with E-state index in [4.69, 9.17) is 0 Å². The lowest BCUT2D eigenvalue weighted by Crippen LogP contribution is -2.34. The van der Waals surface area contributed by atoms with Crippen LogP contribution < -0.4 is 5.32 Å². The normalized spacial score (nSPS) is 21.4. The Balaban J connectivity index is 1.62. The molecule has 0 unspecified atom stereocenters. The van der Waals surface area contributed by atoms with Gasteiger partial charge in [-0.15, -0.1) is 0 Å². The molecule has 2 aromatic rings. The van der Waals surface area contributed by atoms with Crippen molar-refractivity contribution in [2.45, 2.75) is 45.6 Å². The van der Waals surface area contributed by atoms with E-state index in [-0.39, 0.29) is 0 Å². The highest BCUT2D eigenvalue weighted by molar-refractivity contribution is 5.53. The van der Waals surface area contributed by atoms with Crippen molar-refractivity contribution in [3.8, 4) is 0 Å². The van der Waals surface area contributed by atoms with Crippen LogP contribution in [0, 0.1) is 20.8 Å². The Hall–Kier alpha value is -1.76. The first-order chi connectivity index (χ1) is 9.61. The van der Waals surface area contributed by atoms with Crippen molar-refractivity contribution in [2.75, 3.05) is 5.32 Å². The molecule has 1 aliphatic rings. The predicted octanol–water partition coefficient (Wildman–Crippen LogP) is 4.97. The third kappa shape index (κ3) is 2.72. The van der Waals surface area contributed by atoms with Crippen LogP contribution in [0.1, 0.15) is 41.0 Å². The maximum atomic E-state index is 3.70. The molecule has 2 aromatic carbocycles. The Morgan fingerprint density at radius 3 is 2.40 bits per heavy atom.